The summed E-state index contributed by atoms with van der Waals surface area (Å²) in [5, 5.41) is 6.30. The predicted molar refractivity (Wildman–Crippen MR) is 108 cm³/mol. The second kappa shape index (κ2) is 9.90. The summed E-state index contributed by atoms with van der Waals surface area (Å²) in [5.74, 6) is -0.156. The second-order valence-corrected chi connectivity index (χ2v) is 8.61. The Kier molecular flexibility index (Phi) is 8.82. The molecule has 0 bridgehead atoms. The fraction of sp³-hybridized carbons (Fsp3) is 0.588. The van der Waals surface area contributed by atoms with Crippen molar-refractivity contribution in [2.75, 3.05) is 25.0 Å². The maximum atomic E-state index is 12.7. The van der Waals surface area contributed by atoms with Crippen LogP contribution in [0, 0.1) is 5.92 Å². The summed E-state index contributed by atoms with van der Waals surface area (Å²) in [6.07, 6.45) is 1.54. The lowest BCUT2D eigenvalue weighted by atomic mass is 9.92. The molecule has 0 saturated carbocycles. The van der Waals surface area contributed by atoms with Gasteiger partial charge in [-0.15, -0.1) is 12.4 Å². The van der Waals surface area contributed by atoms with Crippen molar-refractivity contribution < 1.29 is 13.2 Å². The van der Waals surface area contributed by atoms with Crippen molar-refractivity contribution in [2.24, 2.45) is 5.92 Å². The summed E-state index contributed by atoms with van der Waals surface area (Å²) >= 11 is 6.12. The van der Waals surface area contributed by atoms with Crippen LogP contribution in [0.3, 0.4) is 0 Å². The molecule has 2 atom stereocenters. The highest BCUT2D eigenvalue weighted by Crippen LogP contribution is 2.28. The van der Waals surface area contributed by atoms with Gasteiger partial charge in [0, 0.05) is 30.7 Å². The second-order valence-electron chi connectivity index (χ2n) is 6.30. The van der Waals surface area contributed by atoms with E-state index in [-0.39, 0.29) is 34.2 Å². The molecule has 0 radical (unpaired) electrons. The molecule has 0 aliphatic carbocycles. The molecule has 2 rings (SSSR count). The van der Waals surface area contributed by atoms with Gasteiger partial charge in [0.15, 0.2) is 0 Å². The monoisotopic (exact) mass is 423 g/mol. The van der Waals surface area contributed by atoms with E-state index in [9.17, 15) is 13.2 Å². The summed E-state index contributed by atoms with van der Waals surface area (Å²) in [4.78, 5) is 12.5. The lowest BCUT2D eigenvalue weighted by Gasteiger charge is -2.27. The topological polar surface area (TPSA) is 78.5 Å². The quantitative estimate of drug-likeness (QED) is 0.736. The maximum Gasteiger partial charge on any atom is 0.244 e. The van der Waals surface area contributed by atoms with Gasteiger partial charge in [0.25, 0.3) is 0 Å². The molecule has 6 nitrogen and oxygen atoms in total. The first-order valence-electron chi connectivity index (χ1n) is 8.63. The summed E-state index contributed by atoms with van der Waals surface area (Å²) in [7, 11) is -3.68. The Bertz CT molecular complexity index is 724. The minimum atomic E-state index is -3.68. The predicted octanol–water partition coefficient (Wildman–Crippen LogP) is 3.12. The Morgan fingerprint density at radius 3 is 2.58 bits per heavy atom. The Morgan fingerprint density at radius 1 is 1.35 bits per heavy atom. The van der Waals surface area contributed by atoms with E-state index in [1.165, 1.54) is 16.4 Å². The van der Waals surface area contributed by atoms with Gasteiger partial charge in [-0.2, -0.15) is 4.31 Å². The fourth-order valence-corrected chi connectivity index (χ4v) is 5.05. The maximum absolute atomic E-state index is 12.7. The van der Waals surface area contributed by atoms with Crippen molar-refractivity contribution in [3.8, 4) is 0 Å². The van der Waals surface area contributed by atoms with Crippen molar-refractivity contribution in [3.63, 3.8) is 0 Å². The highest BCUT2D eigenvalue weighted by Gasteiger charge is 2.27. The smallest absolute Gasteiger partial charge is 0.244 e. The van der Waals surface area contributed by atoms with E-state index in [2.05, 4.69) is 17.6 Å². The van der Waals surface area contributed by atoms with Crippen LogP contribution in [-0.2, 0) is 14.8 Å². The first-order valence-corrected chi connectivity index (χ1v) is 10.4. The van der Waals surface area contributed by atoms with Crippen molar-refractivity contribution in [1.82, 2.24) is 9.62 Å². The van der Waals surface area contributed by atoms with Crippen LogP contribution in [0.1, 0.15) is 33.6 Å². The van der Waals surface area contributed by atoms with Crippen LogP contribution in [0.2, 0.25) is 5.02 Å². The number of carbonyl (C=O) groups is 1. The highest BCUT2D eigenvalue weighted by molar-refractivity contribution is 7.89. The van der Waals surface area contributed by atoms with E-state index in [0.717, 1.165) is 19.4 Å². The molecule has 1 fully saturated rings. The molecule has 2 N–H and O–H groups in total. The Morgan fingerprint density at radius 2 is 2.00 bits per heavy atom. The molecule has 1 aliphatic rings. The molecule has 1 heterocycles. The summed E-state index contributed by atoms with van der Waals surface area (Å²) in [6, 6.07) is 4.89. The van der Waals surface area contributed by atoms with Gasteiger partial charge in [0.2, 0.25) is 15.9 Å². The normalized spacial score (nSPS) is 20.5. The Balaban J connectivity index is 0.00000338. The molecule has 1 aromatic rings. The minimum absolute atomic E-state index is 0. The minimum Gasteiger partial charge on any atom is -0.326 e. The third-order valence-electron chi connectivity index (χ3n) is 4.52. The molecule has 9 heteroatoms. The van der Waals surface area contributed by atoms with E-state index in [0.29, 0.717) is 24.8 Å². The number of sulfonamides is 1. The first kappa shape index (κ1) is 23.2. The van der Waals surface area contributed by atoms with E-state index >= 15 is 0 Å². The molecule has 1 aliphatic heterocycles. The number of piperidine rings is 1. The highest BCUT2D eigenvalue weighted by atomic mass is 35.5. The van der Waals surface area contributed by atoms with Crippen LogP contribution < -0.4 is 10.6 Å². The first-order chi connectivity index (χ1) is 11.8. The summed E-state index contributed by atoms with van der Waals surface area (Å²) in [6.45, 7) is 7.13. The molecular formula is C17H27Cl2N3O3S. The molecule has 26 heavy (non-hydrogen) atoms. The molecule has 1 aromatic carbocycles. The van der Waals surface area contributed by atoms with Gasteiger partial charge in [-0.1, -0.05) is 25.4 Å². The van der Waals surface area contributed by atoms with E-state index in [4.69, 9.17) is 11.6 Å². The zero-order chi connectivity index (χ0) is 18.6. The number of benzene rings is 1. The van der Waals surface area contributed by atoms with Gasteiger partial charge in [-0.3, -0.25) is 4.79 Å². The van der Waals surface area contributed by atoms with Crippen molar-refractivity contribution in [3.05, 3.63) is 23.2 Å². The van der Waals surface area contributed by atoms with Gasteiger partial charge >= 0.3 is 0 Å². The van der Waals surface area contributed by atoms with Crippen LogP contribution in [-0.4, -0.2) is 44.3 Å². The number of amides is 1. The standard InChI is InChI=1S/C17H26ClN3O3S.ClH/c1-4-21(5-2)25(23,24)16-11-14(6-7-15(16)18)20-17(22)13-8-9-19-12(3)10-13;/h6-7,11-13,19H,4-5,8-10H2,1-3H3,(H,20,22);1H/t12-,13-;/m0./s1. The van der Waals surface area contributed by atoms with E-state index < -0.39 is 10.0 Å². The molecule has 148 valence electrons. The average Bonchev–Trinajstić information content (AvgIpc) is 2.57. The third kappa shape index (κ3) is 5.33. The van der Waals surface area contributed by atoms with Crippen molar-refractivity contribution in [1.29, 1.82) is 0 Å². The van der Waals surface area contributed by atoms with E-state index in [1.54, 1.807) is 19.9 Å². The number of nitrogens with one attached hydrogen (secondary N) is 2. The number of hydrogen-bond donors (Lipinski definition) is 2. The number of hydrogen-bond acceptors (Lipinski definition) is 4. The Hall–Kier alpha value is -0.860. The molecule has 1 saturated heterocycles. The largest absolute Gasteiger partial charge is 0.326 e. The number of halogens is 2. The molecule has 0 spiro atoms. The Labute approximate surface area is 167 Å². The van der Waals surface area contributed by atoms with Gasteiger partial charge in [0.1, 0.15) is 4.90 Å². The molecule has 0 unspecified atom stereocenters. The number of rotatable bonds is 6. The lowest BCUT2D eigenvalue weighted by molar-refractivity contribution is -0.120. The SMILES string of the molecule is CCN(CC)S(=O)(=O)c1cc(NC(=O)[C@H]2CCN[C@@H](C)C2)ccc1Cl.Cl. The molecular weight excluding hydrogens is 397 g/mol. The lowest BCUT2D eigenvalue weighted by Crippen LogP contribution is -2.40. The fourth-order valence-electron chi connectivity index (χ4n) is 3.10. The zero-order valence-electron chi connectivity index (χ0n) is 15.3. The molecule has 1 amide bonds. The number of nitrogens with zero attached hydrogens (tertiary/aromatic N) is 1. The van der Waals surface area contributed by atoms with Crippen LogP contribution in [0.25, 0.3) is 0 Å². The number of carbonyl (C=O) groups excluding carboxylic acids is 1. The third-order valence-corrected chi connectivity index (χ3v) is 7.05. The van der Waals surface area contributed by atoms with Crippen LogP contribution >= 0.6 is 24.0 Å². The van der Waals surface area contributed by atoms with Crippen molar-refractivity contribution in [2.45, 2.75) is 44.6 Å². The molecule has 0 aromatic heterocycles. The van der Waals surface area contributed by atoms with Crippen LogP contribution in [0.4, 0.5) is 5.69 Å². The van der Waals surface area contributed by atoms with Gasteiger partial charge < -0.3 is 10.6 Å². The van der Waals surface area contributed by atoms with Crippen LogP contribution in [0.5, 0.6) is 0 Å². The van der Waals surface area contributed by atoms with Crippen molar-refractivity contribution >= 4 is 45.6 Å². The number of anilines is 1. The average molecular weight is 424 g/mol. The summed E-state index contributed by atoms with van der Waals surface area (Å²) < 4.78 is 26.8. The van der Waals surface area contributed by atoms with Gasteiger partial charge in [-0.05, 0) is 44.5 Å². The van der Waals surface area contributed by atoms with E-state index in [1.807, 2.05) is 0 Å². The van der Waals surface area contributed by atoms with Crippen LogP contribution in [0.15, 0.2) is 23.1 Å². The summed E-state index contributed by atoms with van der Waals surface area (Å²) in [5.41, 5.74) is 0.450. The van der Waals surface area contributed by atoms with Gasteiger partial charge in [0.05, 0.1) is 5.02 Å². The zero-order valence-corrected chi connectivity index (χ0v) is 17.7. The van der Waals surface area contributed by atoms with Gasteiger partial charge in [-0.25, -0.2) is 8.42 Å².